The molecule has 0 bridgehead atoms. The first kappa shape index (κ1) is 20.6. The van der Waals surface area contributed by atoms with Gasteiger partial charge in [-0.25, -0.2) is 4.79 Å². The molecule has 0 aliphatic heterocycles. The molecule has 2 rings (SSSR count). The summed E-state index contributed by atoms with van der Waals surface area (Å²) in [5.74, 6) is -1.47. The number of rotatable bonds is 8. The lowest BCUT2D eigenvalue weighted by Crippen LogP contribution is -2.39. The molecule has 0 fully saturated rings. The van der Waals surface area contributed by atoms with Crippen LogP contribution in [0.4, 0.5) is 5.69 Å². The topological polar surface area (TPSA) is 132 Å². The lowest BCUT2D eigenvalue weighted by Gasteiger charge is -2.16. The SMILES string of the molecule is Cc1cccc(C(=O)OCC(=O)N(C)CC(=O)NCc2ccco2)c1[N+](=O)[O-]. The second kappa shape index (κ2) is 9.31. The molecule has 1 heterocycles. The number of hydrogen-bond donors (Lipinski definition) is 1. The van der Waals surface area contributed by atoms with Crippen molar-refractivity contribution < 1.29 is 28.5 Å². The third-order valence-electron chi connectivity index (χ3n) is 3.81. The summed E-state index contributed by atoms with van der Waals surface area (Å²) < 4.78 is 9.95. The first-order valence-corrected chi connectivity index (χ1v) is 8.23. The molecule has 2 amide bonds. The summed E-state index contributed by atoms with van der Waals surface area (Å²) in [6.45, 7) is 0.780. The van der Waals surface area contributed by atoms with Crippen molar-refractivity contribution in [3.63, 3.8) is 0 Å². The lowest BCUT2D eigenvalue weighted by molar-refractivity contribution is -0.385. The number of para-hydroxylation sites is 1. The zero-order valence-electron chi connectivity index (χ0n) is 15.3. The molecule has 1 aromatic heterocycles. The maximum atomic E-state index is 12.1. The quantitative estimate of drug-likeness (QED) is 0.410. The number of benzene rings is 1. The minimum absolute atomic E-state index is 0.180. The van der Waals surface area contributed by atoms with E-state index in [1.54, 1.807) is 12.1 Å². The average Bonchev–Trinajstić information content (AvgIpc) is 3.17. The number of carbonyl (C=O) groups excluding carboxylic acids is 3. The van der Waals surface area contributed by atoms with Crippen LogP contribution in [0.15, 0.2) is 41.0 Å². The van der Waals surface area contributed by atoms with Crippen LogP contribution < -0.4 is 5.32 Å². The smallest absolute Gasteiger partial charge is 0.345 e. The van der Waals surface area contributed by atoms with Crippen LogP contribution in [0.5, 0.6) is 0 Å². The van der Waals surface area contributed by atoms with E-state index in [-0.39, 0.29) is 24.3 Å². The zero-order valence-corrected chi connectivity index (χ0v) is 15.3. The van der Waals surface area contributed by atoms with Crippen LogP contribution in [0.2, 0.25) is 0 Å². The minimum Gasteiger partial charge on any atom is -0.467 e. The third kappa shape index (κ3) is 5.40. The van der Waals surface area contributed by atoms with E-state index in [1.807, 2.05) is 0 Å². The number of nitrogens with one attached hydrogen (secondary N) is 1. The van der Waals surface area contributed by atoms with E-state index in [0.29, 0.717) is 11.3 Å². The predicted octanol–water partition coefficient (Wildman–Crippen LogP) is 1.43. The highest BCUT2D eigenvalue weighted by atomic mass is 16.6. The first-order chi connectivity index (χ1) is 13.3. The molecule has 1 aromatic carbocycles. The first-order valence-electron chi connectivity index (χ1n) is 8.23. The monoisotopic (exact) mass is 389 g/mol. The summed E-state index contributed by atoms with van der Waals surface area (Å²) in [7, 11) is 1.37. The molecule has 0 radical (unpaired) electrons. The molecule has 0 unspecified atom stereocenters. The molecule has 10 heteroatoms. The second-order valence-corrected chi connectivity index (χ2v) is 5.91. The Morgan fingerprint density at radius 1 is 1.25 bits per heavy atom. The summed E-state index contributed by atoms with van der Waals surface area (Å²) in [4.78, 5) is 47.5. The standard InChI is InChI=1S/C18H19N3O7/c1-12-5-3-7-14(17(12)21(25)26)18(24)28-11-16(23)20(2)10-15(22)19-9-13-6-4-8-27-13/h3-8H,9-11H2,1-2H3,(H,19,22). The molecule has 28 heavy (non-hydrogen) atoms. The maximum Gasteiger partial charge on any atom is 0.345 e. The fourth-order valence-corrected chi connectivity index (χ4v) is 2.34. The molecule has 2 aromatic rings. The third-order valence-corrected chi connectivity index (χ3v) is 3.81. The number of likely N-dealkylation sites (N-methyl/N-ethyl adjacent to an activating group) is 1. The number of nitro groups is 1. The van der Waals surface area contributed by atoms with E-state index in [0.717, 1.165) is 4.90 Å². The Hall–Kier alpha value is -3.69. The summed E-state index contributed by atoms with van der Waals surface area (Å²) in [5.41, 5.74) is -0.307. The maximum absolute atomic E-state index is 12.1. The lowest BCUT2D eigenvalue weighted by atomic mass is 10.1. The number of amides is 2. The van der Waals surface area contributed by atoms with Gasteiger partial charge in [-0.3, -0.25) is 19.7 Å². The molecular formula is C18H19N3O7. The summed E-state index contributed by atoms with van der Waals surface area (Å²) in [6.07, 6.45) is 1.48. The van der Waals surface area contributed by atoms with E-state index in [4.69, 9.17) is 9.15 Å². The van der Waals surface area contributed by atoms with Crippen LogP contribution in [-0.4, -0.2) is 47.8 Å². The van der Waals surface area contributed by atoms with Crippen molar-refractivity contribution in [3.05, 3.63) is 63.6 Å². The van der Waals surface area contributed by atoms with Crippen LogP contribution in [0, 0.1) is 17.0 Å². The van der Waals surface area contributed by atoms with Gasteiger partial charge in [0.1, 0.15) is 11.3 Å². The van der Waals surface area contributed by atoms with Gasteiger partial charge < -0.3 is 19.4 Å². The van der Waals surface area contributed by atoms with Crippen molar-refractivity contribution in [3.8, 4) is 0 Å². The van der Waals surface area contributed by atoms with E-state index in [9.17, 15) is 24.5 Å². The van der Waals surface area contributed by atoms with Gasteiger partial charge in [0.2, 0.25) is 5.91 Å². The number of ether oxygens (including phenoxy) is 1. The largest absolute Gasteiger partial charge is 0.467 e. The molecule has 10 nitrogen and oxygen atoms in total. The molecule has 148 valence electrons. The van der Waals surface area contributed by atoms with Gasteiger partial charge in [0.05, 0.1) is 24.3 Å². The minimum atomic E-state index is -0.987. The predicted molar refractivity (Wildman–Crippen MR) is 96.3 cm³/mol. The van der Waals surface area contributed by atoms with E-state index in [2.05, 4.69) is 5.32 Å². The van der Waals surface area contributed by atoms with Crippen molar-refractivity contribution in [1.82, 2.24) is 10.2 Å². The van der Waals surface area contributed by atoms with Crippen molar-refractivity contribution in [2.24, 2.45) is 0 Å². The fourth-order valence-electron chi connectivity index (χ4n) is 2.34. The van der Waals surface area contributed by atoms with Crippen molar-refractivity contribution in [1.29, 1.82) is 0 Å². The van der Waals surface area contributed by atoms with Gasteiger partial charge in [-0.2, -0.15) is 0 Å². The van der Waals surface area contributed by atoms with Crippen LogP contribution >= 0.6 is 0 Å². The van der Waals surface area contributed by atoms with E-state index >= 15 is 0 Å². The van der Waals surface area contributed by atoms with Crippen LogP contribution in [0.1, 0.15) is 21.7 Å². The molecular weight excluding hydrogens is 370 g/mol. The fraction of sp³-hybridized carbons (Fsp3) is 0.278. The molecule has 0 aliphatic rings. The number of aryl methyl sites for hydroxylation is 1. The van der Waals surface area contributed by atoms with Crippen molar-refractivity contribution in [2.45, 2.75) is 13.5 Å². The van der Waals surface area contributed by atoms with E-state index < -0.39 is 29.3 Å². The number of furan rings is 1. The van der Waals surface area contributed by atoms with Crippen LogP contribution in [0.25, 0.3) is 0 Å². The molecule has 0 atom stereocenters. The summed E-state index contributed by atoms with van der Waals surface area (Å²) in [5, 5.41) is 13.7. The Balaban J connectivity index is 1.85. The molecule has 1 N–H and O–H groups in total. The average molecular weight is 389 g/mol. The molecule has 0 saturated carbocycles. The number of hydrogen-bond acceptors (Lipinski definition) is 7. The van der Waals surface area contributed by atoms with Gasteiger partial charge in [0.25, 0.3) is 11.6 Å². The Kier molecular flexibility index (Phi) is 6.85. The molecule has 0 aliphatic carbocycles. The van der Waals surface area contributed by atoms with Gasteiger partial charge in [-0.15, -0.1) is 0 Å². The zero-order chi connectivity index (χ0) is 20.7. The van der Waals surface area contributed by atoms with Gasteiger partial charge in [0.15, 0.2) is 6.61 Å². The highest BCUT2D eigenvalue weighted by Crippen LogP contribution is 2.23. The van der Waals surface area contributed by atoms with Gasteiger partial charge in [-0.05, 0) is 25.1 Å². The summed E-state index contributed by atoms with van der Waals surface area (Å²) >= 11 is 0. The Morgan fingerprint density at radius 2 is 2.00 bits per heavy atom. The number of carbonyl (C=O) groups is 3. The Morgan fingerprint density at radius 3 is 2.64 bits per heavy atom. The Labute approximate surface area is 160 Å². The normalized spacial score (nSPS) is 10.2. The van der Waals surface area contributed by atoms with E-state index in [1.165, 1.54) is 38.4 Å². The van der Waals surface area contributed by atoms with Crippen LogP contribution in [-0.2, 0) is 20.9 Å². The van der Waals surface area contributed by atoms with Crippen LogP contribution in [0.3, 0.4) is 0 Å². The van der Waals surface area contributed by atoms with Crippen molar-refractivity contribution >= 4 is 23.5 Å². The van der Waals surface area contributed by atoms with Gasteiger partial charge >= 0.3 is 5.97 Å². The number of nitrogens with zero attached hydrogens (tertiary/aromatic N) is 2. The van der Waals surface area contributed by atoms with Gasteiger partial charge in [-0.1, -0.05) is 12.1 Å². The highest BCUT2D eigenvalue weighted by Gasteiger charge is 2.24. The van der Waals surface area contributed by atoms with Crippen molar-refractivity contribution in [2.75, 3.05) is 20.2 Å². The second-order valence-electron chi connectivity index (χ2n) is 5.91. The number of nitro benzene ring substituents is 1. The molecule has 0 saturated heterocycles. The van der Waals surface area contributed by atoms with Gasteiger partial charge in [0, 0.05) is 12.6 Å². The number of esters is 1. The summed E-state index contributed by atoms with van der Waals surface area (Å²) in [6, 6.07) is 7.61. The highest BCUT2D eigenvalue weighted by molar-refractivity contribution is 5.96. The molecule has 0 spiro atoms. The Bertz CT molecular complexity index is 877.